The van der Waals surface area contributed by atoms with Crippen LogP contribution in [0.25, 0.3) is 0 Å². The maximum absolute atomic E-state index is 12.4. The van der Waals surface area contributed by atoms with Crippen molar-refractivity contribution in [3.05, 3.63) is 38.3 Å². The van der Waals surface area contributed by atoms with Gasteiger partial charge in [0.15, 0.2) is 0 Å². The number of piperidine rings is 1. The van der Waals surface area contributed by atoms with E-state index in [-0.39, 0.29) is 17.6 Å². The maximum atomic E-state index is 12.4. The molecule has 0 aliphatic carbocycles. The molecule has 1 unspecified atom stereocenters. The average Bonchev–Trinajstić information content (AvgIpc) is 2.38. The minimum Gasteiger partial charge on any atom is -0.336 e. The number of nitro benzene ring substituents is 1. The van der Waals surface area contributed by atoms with Crippen molar-refractivity contribution in [3.63, 3.8) is 0 Å². The van der Waals surface area contributed by atoms with Gasteiger partial charge in [-0.3, -0.25) is 14.9 Å². The van der Waals surface area contributed by atoms with Gasteiger partial charge in [0.25, 0.3) is 11.6 Å². The third-order valence-corrected chi connectivity index (χ3v) is 4.12. The quantitative estimate of drug-likeness (QED) is 0.618. The van der Waals surface area contributed by atoms with Gasteiger partial charge < -0.3 is 4.90 Å². The summed E-state index contributed by atoms with van der Waals surface area (Å²) in [5, 5.41) is 10.9. The first-order valence-corrected chi connectivity index (χ1v) is 7.05. The van der Waals surface area contributed by atoms with E-state index < -0.39 is 4.92 Å². The zero-order chi connectivity index (χ0) is 14.0. The Labute approximate surface area is 119 Å². The number of nitrogens with zero attached hydrogens (tertiary/aromatic N) is 2. The molecule has 1 aliphatic rings. The molecule has 0 aromatic heterocycles. The van der Waals surface area contributed by atoms with Crippen molar-refractivity contribution in [1.82, 2.24) is 4.90 Å². The Balaban J connectivity index is 2.28. The highest BCUT2D eigenvalue weighted by molar-refractivity contribution is 9.10. The number of hydrogen-bond donors (Lipinski definition) is 0. The van der Waals surface area contributed by atoms with Crippen LogP contribution in [0.3, 0.4) is 0 Å². The Hall–Kier alpha value is -1.43. The van der Waals surface area contributed by atoms with Crippen molar-refractivity contribution in [2.24, 2.45) is 0 Å². The molecule has 1 heterocycles. The highest BCUT2D eigenvalue weighted by atomic mass is 79.9. The molecule has 19 heavy (non-hydrogen) atoms. The Bertz CT molecular complexity index is 519. The molecule has 1 aliphatic heterocycles. The SMILES string of the molecule is CC1CCCCN1C(=O)c1ccc(Br)c([N+](=O)[O-])c1. The molecule has 0 N–H and O–H groups in total. The van der Waals surface area contributed by atoms with E-state index in [4.69, 9.17) is 0 Å². The Morgan fingerprint density at radius 2 is 2.21 bits per heavy atom. The zero-order valence-electron chi connectivity index (χ0n) is 10.6. The normalized spacial score (nSPS) is 19.3. The van der Waals surface area contributed by atoms with E-state index in [1.807, 2.05) is 6.92 Å². The smallest absolute Gasteiger partial charge is 0.284 e. The summed E-state index contributed by atoms with van der Waals surface area (Å²) >= 11 is 3.12. The number of carbonyl (C=O) groups excluding carboxylic acids is 1. The maximum Gasteiger partial charge on any atom is 0.284 e. The summed E-state index contributed by atoms with van der Waals surface area (Å²) in [6.07, 6.45) is 3.12. The van der Waals surface area contributed by atoms with Crippen LogP contribution in [0, 0.1) is 10.1 Å². The summed E-state index contributed by atoms with van der Waals surface area (Å²) in [7, 11) is 0. The summed E-state index contributed by atoms with van der Waals surface area (Å²) < 4.78 is 0.390. The molecule has 2 rings (SSSR count). The lowest BCUT2D eigenvalue weighted by Crippen LogP contribution is -2.42. The number of benzene rings is 1. The van der Waals surface area contributed by atoms with E-state index in [0.29, 0.717) is 10.0 Å². The van der Waals surface area contributed by atoms with Gasteiger partial charge in [-0.15, -0.1) is 0 Å². The van der Waals surface area contributed by atoms with E-state index in [1.165, 1.54) is 6.07 Å². The molecular weight excluding hydrogens is 312 g/mol. The van der Waals surface area contributed by atoms with Crippen LogP contribution >= 0.6 is 15.9 Å². The predicted molar refractivity (Wildman–Crippen MR) is 75.1 cm³/mol. The first-order chi connectivity index (χ1) is 9.00. The second kappa shape index (κ2) is 5.69. The molecule has 1 amide bonds. The van der Waals surface area contributed by atoms with Crippen molar-refractivity contribution in [2.45, 2.75) is 32.2 Å². The molecule has 1 aromatic rings. The number of rotatable bonds is 2. The molecule has 1 aromatic carbocycles. The monoisotopic (exact) mass is 326 g/mol. The molecular formula is C13H15BrN2O3. The lowest BCUT2D eigenvalue weighted by molar-refractivity contribution is -0.385. The second-order valence-electron chi connectivity index (χ2n) is 4.77. The van der Waals surface area contributed by atoms with Gasteiger partial charge in [-0.05, 0) is 54.2 Å². The van der Waals surface area contributed by atoms with Gasteiger partial charge in [0.2, 0.25) is 0 Å². The summed E-state index contributed by atoms with van der Waals surface area (Å²) in [6.45, 7) is 2.74. The predicted octanol–water partition coefficient (Wildman–Crippen LogP) is 3.37. The largest absolute Gasteiger partial charge is 0.336 e. The highest BCUT2D eigenvalue weighted by Crippen LogP contribution is 2.27. The number of amides is 1. The van der Waals surface area contributed by atoms with Crippen molar-refractivity contribution in [2.75, 3.05) is 6.54 Å². The lowest BCUT2D eigenvalue weighted by Gasteiger charge is -2.33. The Morgan fingerprint density at radius 3 is 2.84 bits per heavy atom. The molecule has 0 saturated carbocycles. The van der Waals surface area contributed by atoms with Gasteiger partial charge in [-0.25, -0.2) is 0 Å². The topological polar surface area (TPSA) is 63.5 Å². The number of hydrogen-bond acceptors (Lipinski definition) is 3. The van der Waals surface area contributed by atoms with Gasteiger partial charge in [0.05, 0.1) is 9.40 Å². The molecule has 0 spiro atoms. The summed E-state index contributed by atoms with van der Waals surface area (Å²) in [5.41, 5.74) is 0.305. The van der Waals surface area contributed by atoms with Crippen LogP contribution in [0.15, 0.2) is 22.7 Å². The standard InChI is InChI=1S/C13H15BrN2O3/c1-9-4-2-3-7-15(9)13(17)10-5-6-11(14)12(8-10)16(18)19/h5-6,8-9H,2-4,7H2,1H3. The number of nitro groups is 1. The van der Waals surface area contributed by atoms with Crippen LogP contribution in [0.4, 0.5) is 5.69 Å². The van der Waals surface area contributed by atoms with Crippen LogP contribution in [0.1, 0.15) is 36.5 Å². The van der Waals surface area contributed by atoms with Crippen molar-refractivity contribution < 1.29 is 9.72 Å². The van der Waals surface area contributed by atoms with Crippen LogP contribution in [-0.2, 0) is 0 Å². The molecule has 1 atom stereocenters. The van der Waals surface area contributed by atoms with Gasteiger partial charge in [0, 0.05) is 24.2 Å². The molecule has 1 saturated heterocycles. The van der Waals surface area contributed by atoms with Crippen molar-refractivity contribution in [3.8, 4) is 0 Å². The van der Waals surface area contributed by atoms with Crippen molar-refractivity contribution in [1.29, 1.82) is 0 Å². The van der Waals surface area contributed by atoms with Crippen molar-refractivity contribution >= 4 is 27.5 Å². The second-order valence-corrected chi connectivity index (χ2v) is 5.62. The fourth-order valence-corrected chi connectivity index (χ4v) is 2.74. The Kier molecular flexibility index (Phi) is 4.19. The number of likely N-dealkylation sites (tertiary alicyclic amines) is 1. The molecule has 5 nitrogen and oxygen atoms in total. The highest BCUT2D eigenvalue weighted by Gasteiger charge is 2.25. The van der Waals surface area contributed by atoms with Gasteiger partial charge in [-0.1, -0.05) is 0 Å². The molecule has 0 radical (unpaired) electrons. The first kappa shape index (κ1) is 14.0. The van der Waals surface area contributed by atoms with Gasteiger partial charge in [0.1, 0.15) is 0 Å². The van der Waals surface area contributed by atoms with E-state index in [2.05, 4.69) is 15.9 Å². The van der Waals surface area contributed by atoms with E-state index in [1.54, 1.807) is 17.0 Å². The van der Waals surface area contributed by atoms with E-state index in [9.17, 15) is 14.9 Å². The number of carbonyl (C=O) groups is 1. The molecule has 102 valence electrons. The third kappa shape index (κ3) is 2.94. The summed E-state index contributed by atoms with van der Waals surface area (Å²) in [4.78, 5) is 24.6. The van der Waals surface area contributed by atoms with E-state index in [0.717, 1.165) is 25.8 Å². The Morgan fingerprint density at radius 1 is 1.47 bits per heavy atom. The minimum atomic E-state index is -0.486. The van der Waals surface area contributed by atoms with E-state index >= 15 is 0 Å². The lowest BCUT2D eigenvalue weighted by atomic mass is 10.0. The molecule has 0 bridgehead atoms. The van der Waals surface area contributed by atoms with Gasteiger partial charge in [-0.2, -0.15) is 0 Å². The fraction of sp³-hybridized carbons (Fsp3) is 0.462. The van der Waals surface area contributed by atoms with Crippen LogP contribution in [-0.4, -0.2) is 28.3 Å². The van der Waals surface area contributed by atoms with Crippen LogP contribution < -0.4 is 0 Å². The average molecular weight is 327 g/mol. The fourth-order valence-electron chi connectivity index (χ4n) is 2.35. The zero-order valence-corrected chi connectivity index (χ0v) is 12.2. The molecule has 1 fully saturated rings. The first-order valence-electron chi connectivity index (χ1n) is 6.25. The van der Waals surface area contributed by atoms with Gasteiger partial charge >= 0.3 is 0 Å². The van der Waals surface area contributed by atoms with Crippen LogP contribution in [0.2, 0.25) is 0 Å². The minimum absolute atomic E-state index is 0.0736. The van der Waals surface area contributed by atoms with Crippen LogP contribution in [0.5, 0.6) is 0 Å². The summed E-state index contributed by atoms with van der Waals surface area (Å²) in [5.74, 6) is -0.122. The third-order valence-electron chi connectivity index (χ3n) is 3.45. The number of halogens is 1. The summed E-state index contributed by atoms with van der Waals surface area (Å²) in [6, 6.07) is 4.72. The molecule has 6 heteroatoms.